The van der Waals surface area contributed by atoms with Crippen LogP contribution in [0.4, 0.5) is 14.4 Å². The Balaban J connectivity index is -0.000000142. The molecule has 0 atom stereocenters. The van der Waals surface area contributed by atoms with Crippen LogP contribution in [0.2, 0.25) is 0 Å². The van der Waals surface area contributed by atoms with Gasteiger partial charge in [0.15, 0.2) is 0 Å². The number of hydrogen-bond acceptors (Lipinski definition) is 15. The molecule has 0 rings (SSSR count). The lowest BCUT2D eigenvalue weighted by atomic mass is 10.2. The van der Waals surface area contributed by atoms with Gasteiger partial charge in [0.05, 0.1) is 12.9 Å². The minimum Gasteiger partial charge on any atom is -0.444 e. The van der Waals surface area contributed by atoms with E-state index in [1.807, 2.05) is 0 Å². The number of azide groups is 2. The molecule has 0 heterocycles. The Hall–Kier alpha value is -3.53. The molecule has 22 nitrogen and oxygen atoms in total. The smallest absolute Gasteiger partial charge is 0.407 e. The fraction of sp³-hybridized carbons (Fsp3) is 0.903. The van der Waals surface area contributed by atoms with E-state index >= 15 is 0 Å². The van der Waals surface area contributed by atoms with Crippen molar-refractivity contribution in [2.75, 3.05) is 71.9 Å². The first-order valence-electron chi connectivity index (χ1n) is 17.2. The number of amides is 3. The molecular weight excluding hydrogens is 770 g/mol. The molecule has 3 amide bonds. The number of rotatable bonds is 17. The predicted molar refractivity (Wildman–Crippen MR) is 214 cm³/mol. The van der Waals surface area contributed by atoms with Gasteiger partial charge in [0.1, 0.15) is 16.8 Å². The SMILES string of the molecule is CC(C)(C)OC(=O)NCCCN=[N+]=[N-].CC(C)(C)OC(=O)NCCCO.CC(C)(C)OC(=O)NCCCOS(C)(=O)=O.Cl.NCCCO.[N-]=[N+]=NCCCN. The Bertz CT molecular complexity index is 1150. The molecule has 0 unspecified atom stereocenters. The van der Waals surface area contributed by atoms with Gasteiger partial charge in [-0.15, -0.1) is 12.4 Å². The van der Waals surface area contributed by atoms with E-state index in [0.717, 1.165) is 19.1 Å². The third-order valence-electron chi connectivity index (χ3n) is 4.34. The second-order valence-corrected chi connectivity index (χ2v) is 15.2. The van der Waals surface area contributed by atoms with Crippen molar-refractivity contribution in [3.63, 3.8) is 0 Å². The van der Waals surface area contributed by atoms with Crippen LogP contribution in [-0.4, -0.2) is 126 Å². The highest BCUT2D eigenvalue weighted by Crippen LogP contribution is 2.07. The van der Waals surface area contributed by atoms with Gasteiger partial charge in [-0.2, -0.15) is 8.42 Å². The fourth-order valence-electron chi connectivity index (χ4n) is 2.37. The first kappa shape index (κ1) is 63.4. The highest BCUT2D eigenvalue weighted by Gasteiger charge is 2.17. The van der Waals surface area contributed by atoms with Crippen LogP contribution in [0, 0.1) is 0 Å². The van der Waals surface area contributed by atoms with Crippen molar-refractivity contribution in [2.45, 2.75) is 111 Å². The van der Waals surface area contributed by atoms with Gasteiger partial charge in [0.25, 0.3) is 10.1 Å². The molecule has 0 aliphatic carbocycles. The van der Waals surface area contributed by atoms with Gasteiger partial charge in [-0.25, -0.2) is 14.4 Å². The van der Waals surface area contributed by atoms with Crippen molar-refractivity contribution >= 4 is 40.8 Å². The highest BCUT2D eigenvalue weighted by molar-refractivity contribution is 7.85. The number of halogens is 1. The average Bonchev–Trinajstić information content (AvgIpc) is 3.00. The summed E-state index contributed by atoms with van der Waals surface area (Å²) in [6, 6.07) is 0. The summed E-state index contributed by atoms with van der Waals surface area (Å²) in [6.07, 6.45) is 2.66. The Morgan fingerprint density at radius 1 is 0.636 bits per heavy atom. The summed E-state index contributed by atoms with van der Waals surface area (Å²) in [6.45, 7) is 19.7. The van der Waals surface area contributed by atoms with E-state index < -0.39 is 45.2 Å². The van der Waals surface area contributed by atoms with Gasteiger partial charge in [-0.05, 0) is 119 Å². The van der Waals surface area contributed by atoms with E-state index in [9.17, 15) is 22.8 Å². The molecule has 9 N–H and O–H groups in total. The van der Waals surface area contributed by atoms with E-state index in [4.69, 9.17) is 47.0 Å². The molecule has 0 saturated heterocycles. The van der Waals surface area contributed by atoms with Crippen LogP contribution >= 0.6 is 12.4 Å². The maximum Gasteiger partial charge on any atom is 0.407 e. The normalized spacial score (nSPS) is 10.3. The third-order valence-corrected chi connectivity index (χ3v) is 4.94. The number of alkyl carbamates (subject to hydrolysis) is 3. The summed E-state index contributed by atoms with van der Waals surface area (Å²) in [5.41, 5.74) is 24.3. The molecule has 0 fully saturated rings. The topological polar surface area (TPSA) is 348 Å². The number of hydrogen-bond donors (Lipinski definition) is 7. The molecule has 0 aromatic carbocycles. The predicted octanol–water partition coefficient (Wildman–Crippen LogP) is 4.38. The molecule has 0 aliphatic rings. The molecule has 24 heteroatoms. The van der Waals surface area contributed by atoms with Gasteiger partial charge in [0.2, 0.25) is 0 Å². The lowest BCUT2D eigenvalue weighted by Gasteiger charge is -2.19. The number of nitrogens with one attached hydrogen (secondary N) is 3. The summed E-state index contributed by atoms with van der Waals surface area (Å²) >= 11 is 0. The molecular formula is C31H70ClN11O11S. The van der Waals surface area contributed by atoms with E-state index in [-0.39, 0.29) is 32.2 Å². The van der Waals surface area contributed by atoms with Crippen LogP contribution in [0.15, 0.2) is 10.2 Å². The minimum absolute atomic E-state index is 0. The van der Waals surface area contributed by atoms with E-state index in [1.54, 1.807) is 62.3 Å². The number of carbonyl (C=O) groups is 3. The summed E-state index contributed by atoms with van der Waals surface area (Å²) in [4.78, 5) is 38.2. The molecule has 0 aromatic heterocycles. The van der Waals surface area contributed by atoms with Crippen molar-refractivity contribution < 1.29 is 51.4 Å². The molecule has 328 valence electrons. The van der Waals surface area contributed by atoms with E-state index in [2.05, 4.69) is 40.2 Å². The Kier molecular flexibility index (Phi) is 46.3. The van der Waals surface area contributed by atoms with Gasteiger partial charge >= 0.3 is 18.3 Å². The Labute approximate surface area is 333 Å². The van der Waals surface area contributed by atoms with Crippen LogP contribution < -0.4 is 27.4 Å². The minimum atomic E-state index is -3.40. The summed E-state index contributed by atoms with van der Waals surface area (Å²) < 4.78 is 40.6. The molecule has 0 radical (unpaired) electrons. The third kappa shape index (κ3) is 80.1. The van der Waals surface area contributed by atoms with E-state index in [0.29, 0.717) is 65.1 Å². The number of aliphatic hydroxyl groups excluding tert-OH is 2. The number of nitrogens with two attached hydrogens (primary N) is 2. The van der Waals surface area contributed by atoms with Crippen molar-refractivity contribution in [3.8, 4) is 0 Å². The molecule has 0 bridgehead atoms. The maximum absolute atomic E-state index is 11.1. The Morgan fingerprint density at radius 2 is 0.964 bits per heavy atom. The summed E-state index contributed by atoms with van der Waals surface area (Å²) in [7, 11) is -3.40. The van der Waals surface area contributed by atoms with Gasteiger partial charge < -0.3 is 51.8 Å². The van der Waals surface area contributed by atoms with Crippen LogP contribution in [0.3, 0.4) is 0 Å². The second-order valence-electron chi connectivity index (χ2n) is 13.5. The molecule has 0 saturated carbocycles. The van der Waals surface area contributed by atoms with Crippen molar-refractivity contribution in [1.82, 2.24) is 16.0 Å². The van der Waals surface area contributed by atoms with Gasteiger partial charge in [-0.3, -0.25) is 4.18 Å². The van der Waals surface area contributed by atoms with Crippen LogP contribution in [0.25, 0.3) is 20.9 Å². The number of carbonyl (C=O) groups excluding carboxylic acids is 3. The van der Waals surface area contributed by atoms with Crippen LogP contribution in [0.1, 0.15) is 94.4 Å². The van der Waals surface area contributed by atoms with E-state index in [1.165, 1.54) is 0 Å². The quantitative estimate of drug-likeness (QED) is 0.0267. The first-order valence-corrected chi connectivity index (χ1v) is 19.0. The molecule has 55 heavy (non-hydrogen) atoms. The van der Waals surface area contributed by atoms with Gasteiger partial charge in [0, 0.05) is 55.8 Å². The highest BCUT2D eigenvalue weighted by atomic mass is 35.5. The standard InChI is InChI=1S/C9H19NO5S.C8H16N4O2.C8H17NO3.C3H8N4.C3H9NO.ClH/c1-9(2,3)15-8(11)10-6-5-7-14-16(4,12)13;1-8(2,3)14-7(13)10-5-4-6-11-12-9;1-8(2,3)12-7(11)9-5-4-6-10;4-2-1-3-6-7-5;4-2-1-3-5;/h5-7H2,1-4H3,(H,10,11);4-6H2,1-3H3,(H,10,13);10H,4-6H2,1-3H3,(H,9,11);1-4H2;5H,1-4H2;1H. The molecule has 0 aromatic rings. The van der Waals surface area contributed by atoms with Gasteiger partial charge in [-0.1, -0.05) is 10.2 Å². The lowest BCUT2D eigenvalue weighted by molar-refractivity contribution is 0.0513. The van der Waals surface area contributed by atoms with Crippen molar-refractivity contribution in [1.29, 1.82) is 0 Å². The zero-order valence-corrected chi connectivity index (χ0v) is 36.0. The lowest BCUT2D eigenvalue weighted by Crippen LogP contribution is -2.33. The Morgan fingerprint density at radius 3 is 1.24 bits per heavy atom. The number of nitrogens with zero attached hydrogens (tertiary/aromatic N) is 6. The fourth-order valence-corrected chi connectivity index (χ4v) is 2.79. The molecule has 0 spiro atoms. The van der Waals surface area contributed by atoms with Crippen molar-refractivity contribution in [2.24, 2.45) is 21.7 Å². The summed E-state index contributed by atoms with van der Waals surface area (Å²) in [5.74, 6) is 0. The zero-order valence-electron chi connectivity index (χ0n) is 34.3. The van der Waals surface area contributed by atoms with Crippen molar-refractivity contribution in [3.05, 3.63) is 20.9 Å². The zero-order chi connectivity index (χ0) is 43.1. The molecule has 0 aliphatic heterocycles. The summed E-state index contributed by atoms with van der Waals surface area (Å²) in [5, 5.41) is 30.6. The number of ether oxygens (including phenoxy) is 3. The largest absolute Gasteiger partial charge is 0.444 e. The number of aliphatic hydroxyl groups is 2. The monoisotopic (exact) mass is 839 g/mol. The van der Waals surface area contributed by atoms with Crippen LogP contribution in [0.5, 0.6) is 0 Å². The second kappa shape index (κ2) is 40.1. The first-order chi connectivity index (χ1) is 24.8. The maximum atomic E-state index is 11.1. The average molecular weight is 840 g/mol. The van der Waals surface area contributed by atoms with Crippen LogP contribution in [-0.2, 0) is 28.5 Å².